The van der Waals surface area contributed by atoms with Crippen LogP contribution < -0.4 is 0 Å². The molecule has 4 heteroatoms. The third-order valence-electron chi connectivity index (χ3n) is 3.50. The first-order valence-electron chi connectivity index (χ1n) is 7.34. The highest BCUT2D eigenvalue weighted by Gasteiger charge is 2.24. The fourth-order valence-electron chi connectivity index (χ4n) is 2.60. The first kappa shape index (κ1) is 14.9. The molecule has 0 aromatic heterocycles. The molecule has 0 amide bonds. The molecule has 1 atom stereocenters. The van der Waals surface area contributed by atoms with Crippen molar-refractivity contribution in [1.29, 1.82) is 5.26 Å². The number of hydrogen-bond acceptors (Lipinski definition) is 3. The second-order valence-corrected chi connectivity index (χ2v) is 5.68. The standard InChI is InChI=1S/C14H15N3S.C2H6/c15-10-17-8-9-18-14(17)16-13-7-3-5-11-4-1-2-6-12(11)13;1-2/h1-2,4,6,13H,3,5,7-9H2;1-2H3. The number of hydrogen-bond donors (Lipinski definition) is 0. The van der Waals surface area contributed by atoms with E-state index in [4.69, 9.17) is 10.3 Å². The molecule has 1 aliphatic heterocycles. The summed E-state index contributed by atoms with van der Waals surface area (Å²) in [7, 11) is 0. The molecular weight excluding hydrogens is 266 g/mol. The van der Waals surface area contributed by atoms with Gasteiger partial charge in [0.05, 0.1) is 6.04 Å². The van der Waals surface area contributed by atoms with Crippen LogP contribution in [0.4, 0.5) is 0 Å². The molecule has 3 nitrogen and oxygen atoms in total. The van der Waals surface area contributed by atoms with E-state index in [-0.39, 0.29) is 6.04 Å². The fourth-order valence-corrected chi connectivity index (χ4v) is 3.54. The normalized spacial score (nSPS) is 22.8. The van der Waals surface area contributed by atoms with Gasteiger partial charge >= 0.3 is 0 Å². The number of aliphatic imine (C=N–C) groups is 1. The van der Waals surface area contributed by atoms with E-state index in [0.29, 0.717) is 0 Å². The molecule has 20 heavy (non-hydrogen) atoms. The molecule has 0 radical (unpaired) electrons. The maximum absolute atomic E-state index is 9.04. The molecule has 1 aromatic rings. The van der Waals surface area contributed by atoms with E-state index in [1.54, 1.807) is 16.7 Å². The summed E-state index contributed by atoms with van der Waals surface area (Å²) in [5.74, 6) is 0.973. The van der Waals surface area contributed by atoms with Crippen molar-refractivity contribution in [2.24, 2.45) is 4.99 Å². The zero-order valence-corrected chi connectivity index (χ0v) is 13.0. The molecule has 1 aromatic carbocycles. The van der Waals surface area contributed by atoms with Crippen LogP contribution in [0, 0.1) is 11.5 Å². The molecule has 3 rings (SSSR count). The van der Waals surface area contributed by atoms with Gasteiger partial charge in [-0.25, -0.2) is 0 Å². The predicted octanol–water partition coefficient (Wildman–Crippen LogP) is 3.98. The van der Waals surface area contributed by atoms with Gasteiger partial charge in [-0.3, -0.25) is 9.89 Å². The highest BCUT2D eigenvalue weighted by atomic mass is 32.2. The lowest BCUT2D eigenvalue weighted by Gasteiger charge is -2.23. The van der Waals surface area contributed by atoms with Crippen LogP contribution in [-0.2, 0) is 6.42 Å². The Hall–Kier alpha value is -1.47. The van der Waals surface area contributed by atoms with Crippen LogP contribution in [0.5, 0.6) is 0 Å². The topological polar surface area (TPSA) is 39.4 Å². The summed E-state index contributed by atoms with van der Waals surface area (Å²) in [5, 5.41) is 9.94. The Balaban J connectivity index is 0.000000704. The van der Waals surface area contributed by atoms with Crippen LogP contribution in [0.3, 0.4) is 0 Å². The Labute approximate surface area is 125 Å². The largest absolute Gasteiger partial charge is 0.257 e. The van der Waals surface area contributed by atoms with E-state index in [9.17, 15) is 0 Å². The summed E-state index contributed by atoms with van der Waals surface area (Å²) in [4.78, 5) is 6.52. The van der Waals surface area contributed by atoms with Gasteiger partial charge in [0.15, 0.2) is 11.4 Å². The highest BCUT2D eigenvalue weighted by molar-refractivity contribution is 8.14. The molecule has 0 saturated carbocycles. The van der Waals surface area contributed by atoms with E-state index < -0.39 is 0 Å². The average Bonchev–Trinajstić information content (AvgIpc) is 2.97. The molecular formula is C16H21N3S. The second-order valence-electron chi connectivity index (χ2n) is 4.62. The van der Waals surface area contributed by atoms with Crippen LogP contribution in [0.1, 0.15) is 43.9 Å². The molecule has 1 fully saturated rings. The van der Waals surface area contributed by atoms with Crippen molar-refractivity contribution in [2.45, 2.75) is 39.2 Å². The van der Waals surface area contributed by atoms with Crippen molar-refractivity contribution in [3.63, 3.8) is 0 Å². The molecule has 0 spiro atoms. The highest BCUT2D eigenvalue weighted by Crippen LogP contribution is 2.34. The summed E-state index contributed by atoms with van der Waals surface area (Å²) < 4.78 is 0. The van der Waals surface area contributed by atoms with Crippen molar-refractivity contribution >= 4 is 16.9 Å². The molecule has 106 valence electrons. The quantitative estimate of drug-likeness (QED) is 0.734. The first-order valence-corrected chi connectivity index (χ1v) is 8.33. The zero-order chi connectivity index (χ0) is 14.4. The van der Waals surface area contributed by atoms with Crippen LogP contribution in [0.25, 0.3) is 0 Å². The van der Waals surface area contributed by atoms with E-state index >= 15 is 0 Å². The minimum Gasteiger partial charge on any atom is -0.257 e. The van der Waals surface area contributed by atoms with Crippen molar-refractivity contribution in [3.05, 3.63) is 35.4 Å². The smallest absolute Gasteiger partial charge is 0.185 e. The lowest BCUT2D eigenvalue weighted by Crippen LogP contribution is -2.19. The number of nitriles is 1. The molecule has 1 saturated heterocycles. The molecule has 2 aliphatic rings. The Morgan fingerprint density at radius 1 is 1.35 bits per heavy atom. The lowest BCUT2D eigenvalue weighted by molar-refractivity contribution is 0.559. The first-order chi connectivity index (χ1) is 9.88. The average molecular weight is 287 g/mol. The summed E-state index contributed by atoms with van der Waals surface area (Å²) in [5.41, 5.74) is 2.77. The van der Waals surface area contributed by atoms with Crippen molar-refractivity contribution < 1.29 is 0 Å². The van der Waals surface area contributed by atoms with Gasteiger partial charge in [0, 0.05) is 12.3 Å². The number of benzene rings is 1. The van der Waals surface area contributed by atoms with Gasteiger partial charge in [-0.2, -0.15) is 5.26 Å². The van der Waals surface area contributed by atoms with Gasteiger partial charge in [-0.05, 0) is 30.4 Å². The van der Waals surface area contributed by atoms with Crippen molar-refractivity contribution in [2.75, 3.05) is 12.3 Å². The Morgan fingerprint density at radius 3 is 2.95 bits per heavy atom. The monoisotopic (exact) mass is 287 g/mol. The van der Waals surface area contributed by atoms with Gasteiger partial charge < -0.3 is 0 Å². The number of aryl methyl sites for hydroxylation is 1. The number of rotatable bonds is 1. The fraction of sp³-hybridized carbons (Fsp3) is 0.500. The third kappa shape index (κ3) is 3.16. The van der Waals surface area contributed by atoms with E-state index in [1.165, 1.54) is 17.5 Å². The summed E-state index contributed by atoms with van der Waals surface area (Å²) >= 11 is 1.70. The van der Waals surface area contributed by atoms with Crippen LogP contribution >= 0.6 is 11.8 Å². The lowest BCUT2D eigenvalue weighted by atomic mass is 9.88. The van der Waals surface area contributed by atoms with Crippen molar-refractivity contribution in [3.8, 4) is 6.19 Å². The van der Waals surface area contributed by atoms with Crippen LogP contribution in [0.2, 0.25) is 0 Å². The van der Waals surface area contributed by atoms with E-state index in [0.717, 1.165) is 30.3 Å². The van der Waals surface area contributed by atoms with Gasteiger partial charge in [0.1, 0.15) is 0 Å². The minimum atomic E-state index is 0.242. The summed E-state index contributed by atoms with van der Waals surface area (Å²) in [6.07, 6.45) is 5.66. The molecule has 1 unspecified atom stereocenters. The van der Waals surface area contributed by atoms with Gasteiger partial charge in [-0.1, -0.05) is 49.9 Å². The Bertz CT molecular complexity index is 519. The number of thioether (sulfide) groups is 1. The SMILES string of the molecule is CC.N#CN1CCSC1=NC1CCCc2ccccc21. The Kier molecular flexibility index (Phi) is 5.49. The minimum absolute atomic E-state index is 0.242. The summed E-state index contributed by atoms with van der Waals surface area (Å²) in [6, 6.07) is 8.80. The van der Waals surface area contributed by atoms with Crippen LogP contribution in [-0.4, -0.2) is 22.4 Å². The molecule has 0 bridgehead atoms. The van der Waals surface area contributed by atoms with Crippen LogP contribution in [0.15, 0.2) is 29.3 Å². The van der Waals surface area contributed by atoms with E-state index in [2.05, 4.69) is 30.5 Å². The third-order valence-corrected chi connectivity index (χ3v) is 4.47. The van der Waals surface area contributed by atoms with Gasteiger partial charge in [0.2, 0.25) is 0 Å². The van der Waals surface area contributed by atoms with Crippen molar-refractivity contribution in [1.82, 2.24) is 4.90 Å². The number of nitrogens with zero attached hydrogens (tertiary/aromatic N) is 3. The maximum Gasteiger partial charge on any atom is 0.185 e. The summed E-state index contributed by atoms with van der Waals surface area (Å²) in [6.45, 7) is 4.80. The second kappa shape index (κ2) is 7.35. The molecule has 1 aliphatic carbocycles. The van der Waals surface area contributed by atoms with Gasteiger partial charge in [-0.15, -0.1) is 0 Å². The van der Waals surface area contributed by atoms with E-state index in [1.807, 2.05) is 13.8 Å². The Morgan fingerprint density at radius 2 is 2.15 bits per heavy atom. The maximum atomic E-state index is 9.04. The van der Waals surface area contributed by atoms with Gasteiger partial charge in [0.25, 0.3) is 0 Å². The predicted molar refractivity (Wildman–Crippen MR) is 85.7 cm³/mol. The zero-order valence-electron chi connectivity index (χ0n) is 12.2. The molecule has 0 N–H and O–H groups in total. The molecule has 1 heterocycles. The number of fused-ring (bicyclic) bond motifs is 1. The number of amidine groups is 1.